The van der Waals surface area contributed by atoms with Gasteiger partial charge in [-0.1, -0.05) is 23.2 Å². The molecule has 0 unspecified atom stereocenters. The van der Waals surface area contributed by atoms with Crippen molar-refractivity contribution in [3.8, 4) is 17.0 Å². The number of aromatic nitrogens is 2. The number of thiocarbonyl (C=S) groups is 1. The topological polar surface area (TPSA) is 76.5 Å². The summed E-state index contributed by atoms with van der Waals surface area (Å²) in [6, 6.07) is 13.7. The first-order valence-electron chi connectivity index (χ1n) is 9.34. The number of carbonyl (C=O) groups is 2. The van der Waals surface area contributed by atoms with Crippen molar-refractivity contribution in [2.45, 2.75) is 0 Å². The molecule has 0 radical (unpaired) electrons. The maximum Gasteiger partial charge on any atom is 0.270 e. The van der Waals surface area contributed by atoms with Crippen molar-refractivity contribution in [2.24, 2.45) is 7.05 Å². The van der Waals surface area contributed by atoms with Crippen LogP contribution < -0.4 is 15.0 Å². The summed E-state index contributed by atoms with van der Waals surface area (Å²) in [6.07, 6.45) is 1.43. The van der Waals surface area contributed by atoms with Crippen LogP contribution in [0, 0.1) is 0 Å². The second-order valence-electron chi connectivity index (χ2n) is 6.84. The van der Waals surface area contributed by atoms with E-state index >= 15 is 0 Å². The Bertz CT molecular complexity index is 1270. The third-order valence-corrected chi connectivity index (χ3v) is 5.83. The van der Waals surface area contributed by atoms with Gasteiger partial charge >= 0.3 is 0 Å². The number of aryl methyl sites for hydroxylation is 1. The largest absolute Gasteiger partial charge is 0.497 e. The molecule has 1 saturated heterocycles. The minimum Gasteiger partial charge on any atom is -0.497 e. The molecule has 4 rings (SSSR count). The Kier molecular flexibility index (Phi) is 6.01. The number of ether oxygens (including phenoxy) is 1. The molecule has 7 nitrogen and oxygen atoms in total. The van der Waals surface area contributed by atoms with E-state index in [0.29, 0.717) is 27.7 Å². The predicted molar refractivity (Wildman–Crippen MR) is 128 cm³/mol. The zero-order valence-corrected chi connectivity index (χ0v) is 19.3. The van der Waals surface area contributed by atoms with Crippen LogP contribution in [-0.4, -0.2) is 33.8 Å². The fourth-order valence-corrected chi connectivity index (χ4v) is 3.83. The Balaban J connectivity index is 1.80. The zero-order chi connectivity index (χ0) is 23.0. The van der Waals surface area contributed by atoms with Crippen LogP contribution in [0.5, 0.6) is 5.75 Å². The summed E-state index contributed by atoms with van der Waals surface area (Å²) in [5.41, 5.74) is 2.04. The van der Waals surface area contributed by atoms with Crippen LogP contribution in [0.15, 0.2) is 54.1 Å². The Morgan fingerprint density at radius 1 is 1.06 bits per heavy atom. The third-order valence-electron chi connectivity index (χ3n) is 4.85. The van der Waals surface area contributed by atoms with Gasteiger partial charge in [0.05, 0.1) is 12.8 Å². The molecule has 1 aliphatic rings. The molecule has 0 atom stereocenters. The van der Waals surface area contributed by atoms with Gasteiger partial charge in [0.1, 0.15) is 22.2 Å². The Morgan fingerprint density at radius 3 is 2.34 bits per heavy atom. The summed E-state index contributed by atoms with van der Waals surface area (Å²) in [5.74, 6) is -0.517. The second-order valence-corrected chi connectivity index (χ2v) is 8.02. The molecule has 162 valence electrons. The summed E-state index contributed by atoms with van der Waals surface area (Å²) >= 11 is 17.6. The van der Waals surface area contributed by atoms with Gasteiger partial charge in [0.15, 0.2) is 5.11 Å². The number of hydrogen-bond donors (Lipinski definition) is 1. The van der Waals surface area contributed by atoms with Gasteiger partial charge in [0, 0.05) is 23.2 Å². The molecule has 2 aromatic carbocycles. The van der Waals surface area contributed by atoms with E-state index in [2.05, 4.69) is 10.4 Å². The molecule has 10 heteroatoms. The molecule has 1 aromatic heterocycles. The van der Waals surface area contributed by atoms with Crippen molar-refractivity contribution in [2.75, 3.05) is 12.0 Å². The minimum absolute atomic E-state index is 0.0212. The van der Waals surface area contributed by atoms with Crippen LogP contribution in [0.2, 0.25) is 10.2 Å². The maximum atomic E-state index is 13.3. The molecule has 3 aromatic rings. The summed E-state index contributed by atoms with van der Waals surface area (Å²) in [6.45, 7) is 0. The molecule has 1 N–H and O–H groups in total. The number of nitrogens with zero attached hydrogens (tertiary/aromatic N) is 3. The van der Waals surface area contributed by atoms with Crippen molar-refractivity contribution in [3.05, 3.63) is 69.8 Å². The lowest BCUT2D eigenvalue weighted by atomic mass is 10.0. The van der Waals surface area contributed by atoms with Crippen LogP contribution in [-0.2, 0) is 16.6 Å². The molecule has 0 bridgehead atoms. The van der Waals surface area contributed by atoms with Crippen molar-refractivity contribution >= 4 is 64.1 Å². The number of anilines is 1. The number of methoxy groups -OCH3 is 1. The molecule has 32 heavy (non-hydrogen) atoms. The van der Waals surface area contributed by atoms with Crippen molar-refractivity contribution in [3.63, 3.8) is 0 Å². The zero-order valence-electron chi connectivity index (χ0n) is 16.9. The molecule has 2 heterocycles. The standard InChI is InChI=1S/C22H16Cl2N4O3S/c1-27-19(24)16(18(26-27)12-3-9-15(31-2)10-4-12)11-17-20(29)25-22(32)28(21(17)30)14-7-5-13(23)6-8-14/h3-11H,1-2H3,(H,25,29,32)/b17-11+. The highest BCUT2D eigenvalue weighted by atomic mass is 35.5. The van der Waals surface area contributed by atoms with Crippen molar-refractivity contribution in [1.29, 1.82) is 0 Å². The van der Waals surface area contributed by atoms with E-state index in [4.69, 9.17) is 40.2 Å². The third kappa shape index (κ3) is 4.00. The first kappa shape index (κ1) is 22.0. The molecule has 2 amide bonds. The first-order valence-corrected chi connectivity index (χ1v) is 10.5. The quantitative estimate of drug-likeness (QED) is 0.339. The molecular formula is C22H16Cl2N4O3S. The van der Waals surface area contributed by atoms with Crippen molar-refractivity contribution < 1.29 is 14.3 Å². The summed E-state index contributed by atoms with van der Waals surface area (Å²) < 4.78 is 6.67. The number of hydrogen-bond acceptors (Lipinski definition) is 5. The molecule has 1 fully saturated rings. The predicted octanol–water partition coefficient (Wildman–Crippen LogP) is 4.23. The smallest absolute Gasteiger partial charge is 0.270 e. The van der Waals surface area contributed by atoms with Gasteiger partial charge in [0.25, 0.3) is 11.8 Å². The number of benzene rings is 2. The van der Waals surface area contributed by atoms with E-state index in [1.807, 2.05) is 12.1 Å². The highest BCUT2D eigenvalue weighted by Crippen LogP contribution is 2.32. The number of nitrogens with one attached hydrogen (secondary N) is 1. The van der Waals surface area contributed by atoms with Crippen LogP contribution in [0.4, 0.5) is 5.69 Å². The van der Waals surface area contributed by atoms with Crippen molar-refractivity contribution in [1.82, 2.24) is 15.1 Å². The highest BCUT2D eigenvalue weighted by molar-refractivity contribution is 7.80. The van der Waals surface area contributed by atoms with Crippen LogP contribution in [0.3, 0.4) is 0 Å². The van der Waals surface area contributed by atoms with Gasteiger partial charge in [0.2, 0.25) is 0 Å². The summed E-state index contributed by atoms with van der Waals surface area (Å²) in [7, 11) is 3.25. The second kappa shape index (κ2) is 8.74. The van der Waals surface area contributed by atoms with Gasteiger partial charge in [-0.2, -0.15) is 5.10 Å². The fourth-order valence-electron chi connectivity index (χ4n) is 3.24. The van der Waals surface area contributed by atoms with Crippen LogP contribution >= 0.6 is 35.4 Å². The molecular weight excluding hydrogens is 471 g/mol. The van der Waals surface area contributed by atoms with E-state index in [1.54, 1.807) is 50.6 Å². The highest BCUT2D eigenvalue weighted by Gasteiger charge is 2.35. The monoisotopic (exact) mass is 486 g/mol. The molecule has 1 aliphatic heterocycles. The van der Waals surface area contributed by atoms with E-state index in [1.165, 1.54) is 15.7 Å². The first-order chi connectivity index (χ1) is 15.3. The lowest BCUT2D eigenvalue weighted by molar-refractivity contribution is -0.122. The average molecular weight is 487 g/mol. The van der Waals surface area contributed by atoms with E-state index < -0.39 is 11.8 Å². The van der Waals surface area contributed by atoms with E-state index in [-0.39, 0.29) is 15.8 Å². The normalized spacial score (nSPS) is 15.3. The van der Waals surface area contributed by atoms with Gasteiger partial charge < -0.3 is 4.74 Å². The van der Waals surface area contributed by atoms with E-state index in [9.17, 15) is 9.59 Å². The Morgan fingerprint density at radius 2 is 1.72 bits per heavy atom. The molecule has 0 spiro atoms. The number of carbonyl (C=O) groups excluding carboxylic acids is 2. The van der Waals surface area contributed by atoms with Crippen LogP contribution in [0.25, 0.3) is 17.3 Å². The van der Waals surface area contributed by atoms with Crippen LogP contribution in [0.1, 0.15) is 5.56 Å². The number of amides is 2. The Hall–Kier alpha value is -3.20. The van der Waals surface area contributed by atoms with Gasteiger partial charge in [-0.3, -0.25) is 24.5 Å². The summed E-state index contributed by atoms with van der Waals surface area (Å²) in [4.78, 5) is 27.2. The molecule has 0 aliphatic carbocycles. The van der Waals surface area contributed by atoms with Gasteiger partial charge in [-0.05, 0) is 66.8 Å². The Labute approximate surface area is 199 Å². The number of rotatable bonds is 4. The average Bonchev–Trinajstić information content (AvgIpc) is 3.06. The number of halogens is 2. The lowest BCUT2D eigenvalue weighted by Gasteiger charge is -2.28. The fraction of sp³-hybridized carbons (Fsp3) is 0.0909. The van der Waals surface area contributed by atoms with E-state index in [0.717, 1.165) is 5.56 Å². The SMILES string of the molecule is COc1ccc(-c2nn(C)c(Cl)c2/C=C2\C(=O)NC(=S)N(c3ccc(Cl)cc3)C2=O)cc1. The van der Waals surface area contributed by atoms with Gasteiger partial charge in [-0.25, -0.2) is 0 Å². The minimum atomic E-state index is -0.620. The molecule has 0 saturated carbocycles. The van der Waals surface area contributed by atoms with Gasteiger partial charge in [-0.15, -0.1) is 0 Å². The maximum absolute atomic E-state index is 13.3. The lowest BCUT2D eigenvalue weighted by Crippen LogP contribution is -2.54. The summed E-state index contributed by atoms with van der Waals surface area (Å²) in [5, 5.41) is 7.77.